The molecule has 0 bridgehead atoms. The van der Waals surface area contributed by atoms with E-state index in [1.54, 1.807) is 13.2 Å². The van der Waals surface area contributed by atoms with Crippen molar-refractivity contribution in [3.8, 4) is 12.1 Å². The summed E-state index contributed by atoms with van der Waals surface area (Å²) in [6.45, 7) is 4.19. The van der Waals surface area contributed by atoms with Gasteiger partial charge in [0.2, 0.25) is 5.91 Å². The minimum Gasteiger partial charge on any atom is -0.462 e. The molecule has 4 aliphatic rings. The average molecular weight is 694 g/mol. The van der Waals surface area contributed by atoms with Gasteiger partial charge in [0.25, 0.3) is 0 Å². The fourth-order valence-electron chi connectivity index (χ4n) is 8.26. The highest BCUT2D eigenvalue weighted by Gasteiger charge is 2.35. The van der Waals surface area contributed by atoms with E-state index in [0.29, 0.717) is 70.0 Å². The maximum Gasteiger partial charge on any atom is 0.318 e. The lowest BCUT2D eigenvalue weighted by molar-refractivity contribution is -0.128. The molecule has 3 fully saturated rings. The van der Waals surface area contributed by atoms with Gasteiger partial charge in [0.1, 0.15) is 12.4 Å². The third-order valence-corrected chi connectivity index (χ3v) is 11.3. The molecule has 0 radical (unpaired) electrons. The Balaban J connectivity index is 1.07. The van der Waals surface area contributed by atoms with Crippen LogP contribution in [0.1, 0.15) is 67.9 Å². The molecule has 2 aromatic carbocycles. The van der Waals surface area contributed by atoms with Gasteiger partial charge < -0.3 is 34.2 Å². The van der Waals surface area contributed by atoms with E-state index in [1.165, 1.54) is 10.8 Å². The first-order chi connectivity index (χ1) is 25.0. The van der Waals surface area contributed by atoms with Gasteiger partial charge in [-0.15, -0.1) is 0 Å². The zero-order valence-corrected chi connectivity index (χ0v) is 30.0. The smallest absolute Gasteiger partial charge is 0.318 e. The second-order valence-electron chi connectivity index (χ2n) is 14.4. The lowest BCUT2D eigenvalue weighted by atomic mass is 9.93. The van der Waals surface area contributed by atoms with Gasteiger partial charge in [-0.3, -0.25) is 4.79 Å². The van der Waals surface area contributed by atoms with Gasteiger partial charge in [-0.25, -0.2) is 0 Å². The van der Waals surface area contributed by atoms with Crippen LogP contribution < -0.4 is 15.0 Å². The number of likely N-dealkylation sites (N-methyl/N-ethyl adjacent to an activating group) is 1. The summed E-state index contributed by atoms with van der Waals surface area (Å²) >= 11 is 0. The van der Waals surface area contributed by atoms with Crippen molar-refractivity contribution < 1.29 is 19.0 Å². The van der Waals surface area contributed by atoms with Gasteiger partial charge in [-0.2, -0.15) is 15.2 Å². The maximum atomic E-state index is 13.4. The predicted octanol–water partition coefficient (Wildman–Crippen LogP) is 4.95. The number of aromatic nitrogens is 2. The second kappa shape index (κ2) is 16.5. The van der Waals surface area contributed by atoms with E-state index in [9.17, 15) is 10.1 Å². The average Bonchev–Trinajstić information content (AvgIpc) is 3.59. The highest BCUT2D eigenvalue weighted by atomic mass is 16.5. The lowest BCUT2D eigenvalue weighted by Crippen LogP contribution is -2.55. The van der Waals surface area contributed by atoms with Gasteiger partial charge in [-0.1, -0.05) is 48.5 Å². The molecule has 1 saturated carbocycles. The van der Waals surface area contributed by atoms with Crippen LogP contribution in [-0.4, -0.2) is 103 Å². The fraction of sp³-hybridized carbons (Fsp3) is 0.550. The standard InChI is InChI=1S/C40H51N7O4/c1-45-21-7-10-31(45)26-51-40-43-36-24-37(34-12-5-9-28-8-3-4-11-33(28)34)50-27-35(36)39(44-40)46-22-23-47(30(25-46)18-19-41)38(48)13-6-20-42-29-14-16-32(49-2)17-15-29/h3-6,8-9,11-13,29-32,37,42H,7,10,14-18,20-27H2,1-2H3/b13-6+/t29?,30-,31-,32?,37?/m0/s1. The van der Waals surface area contributed by atoms with Gasteiger partial charge in [-0.05, 0) is 68.5 Å². The summed E-state index contributed by atoms with van der Waals surface area (Å²) in [5.41, 5.74) is 3.04. The van der Waals surface area contributed by atoms with E-state index < -0.39 is 0 Å². The summed E-state index contributed by atoms with van der Waals surface area (Å²) < 4.78 is 18.4. The minimum atomic E-state index is -0.270. The Morgan fingerprint density at radius 3 is 2.71 bits per heavy atom. The normalized spacial score (nSPS) is 25.6. The van der Waals surface area contributed by atoms with Crippen molar-refractivity contribution in [3.63, 3.8) is 0 Å². The van der Waals surface area contributed by atoms with E-state index in [4.69, 9.17) is 24.2 Å². The van der Waals surface area contributed by atoms with E-state index in [1.807, 2.05) is 11.0 Å². The molecular weight excluding hydrogens is 642 g/mol. The molecule has 1 amide bonds. The third kappa shape index (κ3) is 8.20. The topological polar surface area (TPSA) is 116 Å². The summed E-state index contributed by atoms with van der Waals surface area (Å²) in [4.78, 5) is 29.8. The zero-order chi connectivity index (χ0) is 35.2. The van der Waals surface area contributed by atoms with E-state index >= 15 is 0 Å². The first-order valence-electron chi connectivity index (χ1n) is 18.7. The van der Waals surface area contributed by atoms with Crippen LogP contribution in [0, 0.1) is 11.3 Å². The first-order valence-corrected chi connectivity index (χ1v) is 18.7. The first kappa shape index (κ1) is 35.3. The second-order valence-corrected chi connectivity index (χ2v) is 14.4. The van der Waals surface area contributed by atoms with Crippen LogP contribution in [0.3, 0.4) is 0 Å². The molecule has 0 spiro atoms. The number of benzene rings is 2. The number of rotatable bonds is 11. The van der Waals surface area contributed by atoms with Crippen molar-refractivity contribution in [1.82, 2.24) is 25.1 Å². The van der Waals surface area contributed by atoms with Crippen LogP contribution >= 0.6 is 0 Å². The Morgan fingerprint density at radius 1 is 1.06 bits per heavy atom. The van der Waals surface area contributed by atoms with E-state index in [2.05, 4.69) is 70.7 Å². The maximum absolute atomic E-state index is 13.4. The molecule has 1 aromatic heterocycles. The summed E-state index contributed by atoms with van der Waals surface area (Å²) in [6, 6.07) is 18.0. The molecule has 11 nitrogen and oxygen atoms in total. The van der Waals surface area contributed by atoms with E-state index in [0.717, 1.165) is 67.7 Å². The number of nitriles is 1. The van der Waals surface area contributed by atoms with Crippen molar-refractivity contribution in [2.75, 3.05) is 58.4 Å². The quantitative estimate of drug-likeness (QED) is 0.277. The fourth-order valence-corrected chi connectivity index (χ4v) is 8.26. The van der Waals surface area contributed by atoms with Crippen molar-refractivity contribution >= 4 is 22.5 Å². The molecule has 2 saturated heterocycles. The van der Waals surface area contributed by atoms with Crippen molar-refractivity contribution in [2.45, 2.75) is 88.3 Å². The zero-order valence-electron chi connectivity index (χ0n) is 30.0. The van der Waals surface area contributed by atoms with Crippen LogP contribution in [0.5, 0.6) is 6.01 Å². The molecule has 1 aliphatic carbocycles. The molecule has 1 N–H and O–H groups in total. The van der Waals surface area contributed by atoms with Crippen LogP contribution in [-0.2, 0) is 27.3 Å². The van der Waals surface area contributed by atoms with Crippen molar-refractivity contribution in [2.24, 2.45) is 0 Å². The Morgan fingerprint density at radius 2 is 1.90 bits per heavy atom. The number of ether oxygens (including phenoxy) is 3. The predicted molar refractivity (Wildman–Crippen MR) is 197 cm³/mol. The summed E-state index contributed by atoms with van der Waals surface area (Å²) in [5, 5.41) is 15.7. The Kier molecular flexibility index (Phi) is 11.4. The molecule has 11 heteroatoms. The molecule has 51 heavy (non-hydrogen) atoms. The molecule has 270 valence electrons. The number of hydrogen-bond donors (Lipinski definition) is 1. The molecule has 4 heterocycles. The monoisotopic (exact) mass is 693 g/mol. The number of methoxy groups -OCH3 is 1. The van der Waals surface area contributed by atoms with Gasteiger partial charge in [0.05, 0.1) is 43.0 Å². The van der Waals surface area contributed by atoms with Gasteiger partial charge in [0.15, 0.2) is 0 Å². The molecule has 3 aromatic rings. The van der Waals surface area contributed by atoms with Crippen LogP contribution in [0.2, 0.25) is 0 Å². The summed E-state index contributed by atoms with van der Waals surface area (Å²) in [7, 11) is 3.93. The number of likely N-dealkylation sites (tertiary alicyclic amines) is 1. The number of carbonyl (C=O) groups is 1. The third-order valence-electron chi connectivity index (χ3n) is 11.3. The number of fused-ring (bicyclic) bond motifs is 2. The number of nitrogens with zero attached hydrogens (tertiary/aromatic N) is 6. The Labute approximate surface area is 301 Å². The van der Waals surface area contributed by atoms with E-state index in [-0.39, 0.29) is 24.5 Å². The number of nitrogens with one attached hydrogen (secondary N) is 1. The minimum absolute atomic E-state index is 0.0597. The molecule has 3 aliphatic heterocycles. The highest BCUT2D eigenvalue weighted by molar-refractivity contribution is 5.88. The molecule has 3 atom stereocenters. The SMILES string of the molecule is COC1CCC(NC/C=C/C(=O)N2CCN(c3nc(OC[C@@H]4CCCN4C)nc4c3COC(c3cccc5ccccc35)C4)C[C@@H]2CC#N)CC1. The van der Waals surface area contributed by atoms with Gasteiger partial charge >= 0.3 is 6.01 Å². The number of hydrogen-bond acceptors (Lipinski definition) is 10. The summed E-state index contributed by atoms with van der Waals surface area (Å²) in [5.74, 6) is 0.722. The van der Waals surface area contributed by atoms with Crippen LogP contribution in [0.15, 0.2) is 54.6 Å². The Hall–Kier alpha value is -4.08. The Bertz CT molecular complexity index is 1730. The number of carbonyl (C=O) groups excluding carboxylic acids is 1. The summed E-state index contributed by atoms with van der Waals surface area (Å²) in [6.07, 6.45) is 11.2. The molecular formula is C40H51N7O4. The van der Waals surface area contributed by atoms with Crippen molar-refractivity contribution in [1.29, 1.82) is 5.26 Å². The lowest BCUT2D eigenvalue weighted by Gasteiger charge is -2.42. The molecule has 1 unspecified atom stereocenters. The number of piperazine rings is 1. The van der Waals surface area contributed by atoms with Crippen molar-refractivity contribution in [3.05, 3.63) is 71.4 Å². The van der Waals surface area contributed by atoms with Gasteiger partial charge in [0, 0.05) is 63.4 Å². The number of amides is 1. The highest BCUT2D eigenvalue weighted by Crippen LogP contribution is 2.38. The number of anilines is 1. The molecule has 7 rings (SSSR count). The van der Waals surface area contributed by atoms with Crippen LogP contribution in [0.25, 0.3) is 10.8 Å². The largest absolute Gasteiger partial charge is 0.462 e. The van der Waals surface area contributed by atoms with Crippen LogP contribution in [0.4, 0.5) is 5.82 Å².